The number of fused-ring (bicyclic) bond motifs is 1. The number of Topliss-reactive ketones (excluding diaryl/α,β-unsaturated/α-hetero) is 1. The van der Waals surface area contributed by atoms with Crippen molar-refractivity contribution in [3.05, 3.63) is 106 Å². The fraction of sp³-hybridized carbons (Fsp3) is 0.143. The topological polar surface area (TPSA) is 80.0 Å². The SMILES string of the molecule is COc1cc(Cl)cc2cc(C(=O)C3=C(O)C(=O)N(c4cccc(C)c4)C3c3cccc(C)c3)oc12. The molecule has 7 heteroatoms. The molecule has 0 saturated carbocycles. The van der Waals surface area contributed by atoms with E-state index in [9.17, 15) is 14.7 Å². The van der Waals surface area contributed by atoms with Crippen molar-refractivity contribution >= 4 is 39.9 Å². The average Bonchev–Trinajstić information content (AvgIpc) is 3.37. The van der Waals surface area contributed by atoms with E-state index in [0.717, 1.165) is 11.1 Å². The van der Waals surface area contributed by atoms with Crippen LogP contribution in [0.2, 0.25) is 5.02 Å². The van der Waals surface area contributed by atoms with Crippen molar-refractivity contribution in [3.63, 3.8) is 0 Å². The van der Waals surface area contributed by atoms with Crippen LogP contribution in [0.3, 0.4) is 0 Å². The maximum atomic E-state index is 13.8. The maximum absolute atomic E-state index is 13.8. The lowest BCUT2D eigenvalue weighted by Gasteiger charge is -2.27. The smallest absolute Gasteiger partial charge is 0.294 e. The van der Waals surface area contributed by atoms with Crippen LogP contribution >= 0.6 is 11.6 Å². The molecule has 35 heavy (non-hydrogen) atoms. The molecule has 0 radical (unpaired) electrons. The Kier molecular flexibility index (Phi) is 5.61. The standard InChI is InChI=1S/C28H22ClNO5/c1-15-6-4-8-17(10-15)24-23(26(32)28(33)30(24)20-9-5-7-16(2)11-20)25(31)21-13-18-12-19(29)14-22(34-3)27(18)35-21/h4-14,24,32H,1-3H3. The van der Waals surface area contributed by atoms with E-state index in [4.69, 9.17) is 20.8 Å². The Labute approximate surface area is 207 Å². The van der Waals surface area contributed by atoms with Crippen LogP contribution in [0, 0.1) is 13.8 Å². The number of aryl methyl sites for hydroxylation is 2. The molecular weight excluding hydrogens is 466 g/mol. The molecule has 1 N–H and O–H groups in total. The van der Waals surface area contributed by atoms with E-state index < -0.39 is 23.5 Å². The van der Waals surface area contributed by atoms with Gasteiger partial charge in [-0.15, -0.1) is 0 Å². The molecule has 1 amide bonds. The summed E-state index contributed by atoms with van der Waals surface area (Å²) in [6, 6.07) is 18.8. The lowest BCUT2D eigenvalue weighted by molar-refractivity contribution is -0.117. The van der Waals surface area contributed by atoms with Gasteiger partial charge in [-0.05, 0) is 49.2 Å². The molecule has 1 aromatic heterocycles. The van der Waals surface area contributed by atoms with Crippen molar-refractivity contribution in [1.82, 2.24) is 0 Å². The van der Waals surface area contributed by atoms with Crippen LogP contribution in [0.4, 0.5) is 5.69 Å². The zero-order valence-corrected chi connectivity index (χ0v) is 20.1. The van der Waals surface area contributed by atoms with Gasteiger partial charge in [-0.25, -0.2) is 0 Å². The molecule has 3 aromatic carbocycles. The van der Waals surface area contributed by atoms with Gasteiger partial charge in [0, 0.05) is 22.2 Å². The van der Waals surface area contributed by atoms with Crippen LogP contribution in [-0.2, 0) is 4.79 Å². The Hall–Kier alpha value is -4.03. The van der Waals surface area contributed by atoms with Gasteiger partial charge >= 0.3 is 0 Å². The van der Waals surface area contributed by atoms with Gasteiger partial charge in [-0.3, -0.25) is 14.5 Å². The summed E-state index contributed by atoms with van der Waals surface area (Å²) in [5, 5.41) is 12.0. The number of hydrogen-bond donors (Lipinski definition) is 1. The van der Waals surface area contributed by atoms with Gasteiger partial charge in [0.1, 0.15) is 0 Å². The monoisotopic (exact) mass is 487 g/mol. The van der Waals surface area contributed by atoms with Crippen LogP contribution in [-0.4, -0.2) is 23.9 Å². The minimum absolute atomic E-state index is 0.0290. The lowest BCUT2D eigenvalue weighted by atomic mass is 9.93. The van der Waals surface area contributed by atoms with E-state index in [1.807, 2.05) is 56.3 Å². The molecule has 1 aliphatic rings. The van der Waals surface area contributed by atoms with Gasteiger partial charge in [-0.1, -0.05) is 53.6 Å². The Morgan fingerprint density at radius 2 is 1.74 bits per heavy atom. The number of nitrogens with zero attached hydrogens (tertiary/aromatic N) is 1. The van der Waals surface area contributed by atoms with Crippen LogP contribution in [0.15, 0.2) is 82.5 Å². The predicted octanol–water partition coefficient (Wildman–Crippen LogP) is 6.49. The normalized spacial score (nSPS) is 15.8. The summed E-state index contributed by atoms with van der Waals surface area (Å²) in [5.74, 6) is -1.50. The van der Waals surface area contributed by atoms with Crippen molar-refractivity contribution in [2.24, 2.45) is 0 Å². The Balaban J connectivity index is 1.68. The van der Waals surface area contributed by atoms with Crippen LogP contribution in [0.25, 0.3) is 11.0 Å². The minimum Gasteiger partial charge on any atom is -0.503 e. The number of halogens is 1. The molecule has 2 heterocycles. The number of carbonyl (C=O) groups is 2. The van der Waals surface area contributed by atoms with Crippen molar-refractivity contribution in [3.8, 4) is 5.75 Å². The Morgan fingerprint density at radius 3 is 2.43 bits per heavy atom. The second-order valence-electron chi connectivity index (χ2n) is 8.56. The van der Waals surface area contributed by atoms with Gasteiger partial charge in [0.25, 0.3) is 5.91 Å². The number of ether oxygens (including phenoxy) is 1. The summed E-state index contributed by atoms with van der Waals surface area (Å²) in [7, 11) is 1.48. The van der Waals surface area contributed by atoms with Crippen molar-refractivity contribution in [1.29, 1.82) is 0 Å². The summed E-state index contributed by atoms with van der Waals surface area (Å²) in [4.78, 5) is 28.6. The van der Waals surface area contributed by atoms with Crippen molar-refractivity contribution in [2.75, 3.05) is 12.0 Å². The van der Waals surface area contributed by atoms with Crippen molar-refractivity contribution < 1.29 is 23.8 Å². The third-order valence-electron chi connectivity index (χ3n) is 6.08. The summed E-state index contributed by atoms with van der Waals surface area (Å²) in [6.45, 7) is 3.84. The summed E-state index contributed by atoms with van der Waals surface area (Å²) >= 11 is 6.17. The number of methoxy groups -OCH3 is 1. The third kappa shape index (κ3) is 3.86. The quantitative estimate of drug-likeness (QED) is 0.325. The molecule has 0 aliphatic carbocycles. The molecule has 1 aliphatic heterocycles. The number of aliphatic hydroxyl groups excluding tert-OH is 1. The highest BCUT2D eigenvalue weighted by molar-refractivity contribution is 6.31. The molecule has 4 aromatic rings. The van der Waals surface area contributed by atoms with Crippen LogP contribution in [0.5, 0.6) is 5.75 Å². The maximum Gasteiger partial charge on any atom is 0.294 e. The van der Waals surface area contributed by atoms with Gasteiger partial charge in [0.15, 0.2) is 22.9 Å². The summed E-state index contributed by atoms with van der Waals surface area (Å²) in [5.41, 5.74) is 3.48. The highest BCUT2D eigenvalue weighted by Gasteiger charge is 2.45. The van der Waals surface area contributed by atoms with Crippen molar-refractivity contribution in [2.45, 2.75) is 19.9 Å². The van der Waals surface area contributed by atoms with Gasteiger partial charge in [0.05, 0.1) is 18.7 Å². The highest BCUT2D eigenvalue weighted by Crippen LogP contribution is 2.43. The molecule has 0 saturated heterocycles. The predicted molar refractivity (Wildman–Crippen MR) is 134 cm³/mol. The van der Waals surface area contributed by atoms with E-state index in [1.165, 1.54) is 12.0 Å². The number of amides is 1. The average molecular weight is 488 g/mol. The molecule has 0 spiro atoms. The summed E-state index contributed by atoms with van der Waals surface area (Å²) in [6.07, 6.45) is 0. The zero-order valence-electron chi connectivity index (χ0n) is 19.3. The van der Waals surface area contributed by atoms with E-state index in [-0.39, 0.29) is 11.3 Å². The number of aliphatic hydroxyl groups is 1. The van der Waals surface area contributed by atoms with Gasteiger partial charge in [-0.2, -0.15) is 0 Å². The molecule has 1 unspecified atom stereocenters. The number of carbonyl (C=O) groups excluding carboxylic acids is 2. The highest BCUT2D eigenvalue weighted by atomic mass is 35.5. The molecule has 176 valence electrons. The number of hydrogen-bond acceptors (Lipinski definition) is 5. The number of rotatable bonds is 5. The van der Waals surface area contributed by atoms with E-state index in [2.05, 4.69) is 0 Å². The first-order valence-electron chi connectivity index (χ1n) is 11.0. The molecule has 0 fully saturated rings. The van der Waals surface area contributed by atoms with E-state index >= 15 is 0 Å². The van der Waals surface area contributed by atoms with Gasteiger partial charge in [0.2, 0.25) is 5.78 Å². The lowest BCUT2D eigenvalue weighted by Crippen LogP contribution is -2.31. The summed E-state index contributed by atoms with van der Waals surface area (Å²) < 4.78 is 11.2. The molecule has 5 rings (SSSR count). The Morgan fingerprint density at radius 1 is 1.03 bits per heavy atom. The molecule has 0 bridgehead atoms. The first kappa shape index (κ1) is 22.7. The zero-order chi connectivity index (χ0) is 24.9. The second-order valence-corrected chi connectivity index (χ2v) is 9.00. The molecular formula is C28H22ClNO5. The fourth-order valence-electron chi connectivity index (χ4n) is 4.52. The van der Waals surface area contributed by atoms with E-state index in [1.54, 1.807) is 24.3 Å². The number of ketones is 1. The van der Waals surface area contributed by atoms with Crippen LogP contribution < -0.4 is 9.64 Å². The largest absolute Gasteiger partial charge is 0.503 e. The number of furan rings is 1. The van der Waals surface area contributed by atoms with Gasteiger partial charge < -0.3 is 14.3 Å². The first-order valence-corrected chi connectivity index (χ1v) is 11.4. The van der Waals surface area contributed by atoms with Crippen LogP contribution in [0.1, 0.15) is 33.3 Å². The number of anilines is 1. The van der Waals surface area contributed by atoms with E-state index in [0.29, 0.717) is 33.0 Å². The first-order chi connectivity index (χ1) is 16.8. The molecule has 1 atom stereocenters. The number of benzene rings is 3. The second kappa shape index (κ2) is 8.64. The minimum atomic E-state index is -0.838. The third-order valence-corrected chi connectivity index (χ3v) is 6.30. The molecule has 6 nitrogen and oxygen atoms in total. The fourth-order valence-corrected chi connectivity index (χ4v) is 4.74. The Bertz CT molecular complexity index is 1530.